The van der Waals surface area contributed by atoms with E-state index < -0.39 is 25.8 Å². The van der Waals surface area contributed by atoms with Crippen LogP contribution in [-0.2, 0) is 24.7 Å². The van der Waals surface area contributed by atoms with Gasteiger partial charge in [0.2, 0.25) is 15.9 Å². The number of carbonyl (C=O) groups excluding carboxylic acids is 1. The molecule has 0 aliphatic carbocycles. The van der Waals surface area contributed by atoms with E-state index in [1.54, 1.807) is 31.2 Å². The summed E-state index contributed by atoms with van der Waals surface area (Å²) in [5.41, 5.74) is 1.08. The van der Waals surface area contributed by atoms with E-state index in [2.05, 4.69) is 10.6 Å². The third-order valence-corrected chi connectivity index (χ3v) is 6.44. The van der Waals surface area contributed by atoms with Crippen LogP contribution in [0.25, 0.3) is 0 Å². The molecule has 9 nitrogen and oxygen atoms in total. The van der Waals surface area contributed by atoms with Crippen LogP contribution in [0.1, 0.15) is 6.92 Å². The highest BCUT2D eigenvalue weighted by Gasteiger charge is 2.16. The maximum atomic E-state index is 12.3. The van der Waals surface area contributed by atoms with Gasteiger partial charge >= 0.3 is 0 Å². The molecule has 0 aliphatic heterocycles. The molecule has 164 valence electrons. The fourth-order valence-electron chi connectivity index (χ4n) is 2.56. The van der Waals surface area contributed by atoms with Crippen molar-refractivity contribution in [3.05, 3.63) is 42.5 Å². The number of hydrogen-bond donors (Lipinski definition) is 2. The number of nitrogens with one attached hydrogen (secondary N) is 2. The Bertz CT molecular complexity index is 1130. The summed E-state index contributed by atoms with van der Waals surface area (Å²) in [5, 5.41) is 5.47. The van der Waals surface area contributed by atoms with Gasteiger partial charge in [-0.3, -0.25) is 9.10 Å². The zero-order valence-corrected chi connectivity index (χ0v) is 18.8. The van der Waals surface area contributed by atoms with Crippen molar-refractivity contribution in [2.45, 2.75) is 11.8 Å². The fourth-order valence-corrected chi connectivity index (χ4v) is 3.93. The highest BCUT2D eigenvalue weighted by molar-refractivity contribution is 7.92. The molecule has 0 saturated carbocycles. The number of hydrogen-bond acceptors (Lipinski definition) is 7. The largest absolute Gasteiger partial charge is 0.494 e. The van der Waals surface area contributed by atoms with Gasteiger partial charge in [-0.2, -0.15) is 0 Å². The van der Waals surface area contributed by atoms with Crippen molar-refractivity contribution in [2.75, 3.05) is 47.6 Å². The van der Waals surface area contributed by atoms with E-state index in [-0.39, 0.29) is 17.1 Å². The van der Waals surface area contributed by atoms with Crippen molar-refractivity contribution in [3.63, 3.8) is 0 Å². The molecule has 0 bridgehead atoms. The first kappa shape index (κ1) is 23.5. The summed E-state index contributed by atoms with van der Waals surface area (Å²) in [6.07, 6.45) is 2.16. The molecular formula is C19H25N3O6S2. The topological polar surface area (TPSA) is 122 Å². The fraction of sp³-hybridized carbons (Fsp3) is 0.316. The third kappa shape index (κ3) is 6.36. The highest BCUT2D eigenvalue weighted by Crippen LogP contribution is 2.26. The summed E-state index contributed by atoms with van der Waals surface area (Å²) in [6.45, 7) is 1.99. The van der Waals surface area contributed by atoms with Crippen LogP contribution < -0.4 is 19.7 Å². The Morgan fingerprint density at radius 1 is 1.07 bits per heavy atom. The highest BCUT2D eigenvalue weighted by atomic mass is 32.2. The molecule has 0 radical (unpaired) electrons. The lowest BCUT2D eigenvalue weighted by molar-refractivity contribution is -0.114. The van der Waals surface area contributed by atoms with Crippen molar-refractivity contribution in [1.29, 1.82) is 0 Å². The summed E-state index contributed by atoms with van der Waals surface area (Å²) in [5.74, 6) is -0.0118. The summed E-state index contributed by atoms with van der Waals surface area (Å²) in [6, 6.07) is 10.9. The molecule has 0 fully saturated rings. The molecule has 11 heteroatoms. The quantitative estimate of drug-likeness (QED) is 0.592. The molecule has 2 N–H and O–H groups in total. The molecule has 30 heavy (non-hydrogen) atoms. The molecule has 0 heterocycles. The third-order valence-electron chi connectivity index (χ3n) is 4.09. The van der Waals surface area contributed by atoms with Crippen LogP contribution in [0.15, 0.2) is 47.4 Å². The summed E-state index contributed by atoms with van der Waals surface area (Å²) in [7, 11) is -5.57. The maximum Gasteiger partial charge on any atom is 0.243 e. The zero-order chi connectivity index (χ0) is 22.5. The van der Waals surface area contributed by atoms with Crippen LogP contribution in [0.5, 0.6) is 5.75 Å². The average molecular weight is 456 g/mol. The number of carbonyl (C=O) groups is 1. The molecule has 0 spiro atoms. The molecule has 0 unspecified atom stereocenters. The van der Waals surface area contributed by atoms with Gasteiger partial charge in [0.05, 0.1) is 35.7 Å². The van der Waals surface area contributed by atoms with E-state index in [1.807, 2.05) is 0 Å². The van der Waals surface area contributed by atoms with Crippen LogP contribution in [0.2, 0.25) is 0 Å². The van der Waals surface area contributed by atoms with E-state index >= 15 is 0 Å². The predicted octanol–water partition coefficient (Wildman–Crippen LogP) is 1.94. The van der Waals surface area contributed by atoms with Crippen LogP contribution in [0, 0.1) is 0 Å². The number of amides is 1. The van der Waals surface area contributed by atoms with Crippen LogP contribution in [0.3, 0.4) is 0 Å². The van der Waals surface area contributed by atoms with E-state index in [9.17, 15) is 21.6 Å². The minimum absolute atomic E-state index is 0.0259. The Kier molecular flexibility index (Phi) is 7.32. The van der Waals surface area contributed by atoms with Crippen molar-refractivity contribution in [1.82, 2.24) is 0 Å². The molecule has 1 amide bonds. The minimum Gasteiger partial charge on any atom is -0.494 e. The van der Waals surface area contributed by atoms with Crippen LogP contribution >= 0.6 is 0 Å². The van der Waals surface area contributed by atoms with Gasteiger partial charge in [0.25, 0.3) is 0 Å². The number of sulfone groups is 1. The lowest BCUT2D eigenvalue weighted by Crippen LogP contribution is -2.25. The average Bonchev–Trinajstić information content (AvgIpc) is 2.65. The van der Waals surface area contributed by atoms with Crippen molar-refractivity contribution < 1.29 is 26.4 Å². The number of ether oxygens (including phenoxy) is 1. The molecule has 0 atom stereocenters. The first-order chi connectivity index (χ1) is 13.9. The standard InChI is InChI=1S/C19H25N3O6S2/c1-5-28-16-9-10-17(18(12-16)29(3,24)25)20-13-19(23)21-14-7-6-8-15(11-14)22(2)30(4,26)27/h6-12,20H,5,13H2,1-4H3,(H,21,23). The Balaban J connectivity index is 2.12. The van der Waals surface area contributed by atoms with Gasteiger partial charge in [-0.25, -0.2) is 16.8 Å². The molecule has 2 aromatic rings. The monoisotopic (exact) mass is 455 g/mol. The molecule has 0 aliphatic rings. The Labute approximate surface area is 177 Å². The summed E-state index contributed by atoms with van der Waals surface area (Å²) >= 11 is 0. The number of benzene rings is 2. The number of anilines is 3. The molecule has 0 aromatic heterocycles. The summed E-state index contributed by atoms with van der Waals surface area (Å²) < 4.78 is 53.9. The van der Waals surface area contributed by atoms with Crippen molar-refractivity contribution in [2.24, 2.45) is 0 Å². The second-order valence-corrected chi connectivity index (χ2v) is 10.5. The van der Waals surface area contributed by atoms with Crippen molar-refractivity contribution in [3.8, 4) is 5.75 Å². The van der Waals surface area contributed by atoms with Gasteiger partial charge in [-0.15, -0.1) is 0 Å². The lowest BCUT2D eigenvalue weighted by atomic mass is 10.2. The van der Waals surface area contributed by atoms with Crippen molar-refractivity contribution >= 4 is 42.8 Å². The Hall–Kier alpha value is -2.79. The van der Waals surface area contributed by atoms with E-state index in [4.69, 9.17) is 4.74 Å². The molecule has 0 saturated heterocycles. The van der Waals surface area contributed by atoms with Crippen LogP contribution in [-0.4, -0.2) is 55.5 Å². The van der Waals surface area contributed by atoms with Gasteiger partial charge in [0.15, 0.2) is 9.84 Å². The van der Waals surface area contributed by atoms with Gasteiger partial charge in [-0.05, 0) is 37.3 Å². The lowest BCUT2D eigenvalue weighted by Gasteiger charge is -2.17. The van der Waals surface area contributed by atoms with Gasteiger partial charge in [-0.1, -0.05) is 6.07 Å². The van der Waals surface area contributed by atoms with Gasteiger partial charge in [0.1, 0.15) is 5.75 Å². The normalized spacial score (nSPS) is 11.6. The SMILES string of the molecule is CCOc1ccc(NCC(=O)Nc2cccc(N(C)S(C)(=O)=O)c2)c(S(C)(=O)=O)c1. The number of nitrogens with zero attached hydrogens (tertiary/aromatic N) is 1. The Morgan fingerprint density at radius 2 is 1.77 bits per heavy atom. The van der Waals surface area contributed by atoms with Gasteiger partial charge in [0, 0.05) is 25.1 Å². The zero-order valence-electron chi connectivity index (χ0n) is 17.2. The molecule has 2 aromatic carbocycles. The summed E-state index contributed by atoms with van der Waals surface area (Å²) in [4.78, 5) is 12.3. The number of sulfonamides is 1. The Morgan fingerprint density at radius 3 is 2.37 bits per heavy atom. The smallest absolute Gasteiger partial charge is 0.243 e. The van der Waals surface area contributed by atoms with E-state index in [1.165, 1.54) is 25.2 Å². The van der Waals surface area contributed by atoms with Gasteiger partial charge < -0.3 is 15.4 Å². The van der Waals surface area contributed by atoms with Crippen LogP contribution in [0.4, 0.5) is 17.1 Å². The predicted molar refractivity (Wildman–Crippen MR) is 118 cm³/mol. The van der Waals surface area contributed by atoms with E-state index in [0.29, 0.717) is 23.7 Å². The molecular weight excluding hydrogens is 430 g/mol. The minimum atomic E-state index is -3.55. The number of rotatable bonds is 9. The first-order valence-electron chi connectivity index (χ1n) is 8.96. The second-order valence-electron chi connectivity index (χ2n) is 6.55. The second kappa shape index (κ2) is 9.35. The van der Waals surface area contributed by atoms with E-state index in [0.717, 1.165) is 16.8 Å². The first-order valence-corrected chi connectivity index (χ1v) is 12.7. The molecule has 2 rings (SSSR count). The maximum absolute atomic E-state index is 12.3.